The van der Waals surface area contributed by atoms with E-state index in [1.54, 1.807) is 12.2 Å². The second-order valence-corrected chi connectivity index (χ2v) is 2.99. The molecule has 0 fully saturated rings. The Bertz CT molecular complexity index is 251. The standard InChI is InChI=1S/C11H16O3/c1-3-5-9(6-4-2)10(12)7-8-11(13)14/h3,5H,1,4,6-8H2,2H3,(H,13,14). The van der Waals surface area contributed by atoms with Crippen LogP contribution in [-0.4, -0.2) is 16.9 Å². The van der Waals surface area contributed by atoms with E-state index >= 15 is 0 Å². The topological polar surface area (TPSA) is 54.4 Å². The lowest BCUT2D eigenvalue weighted by Crippen LogP contribution is -2.06. The van der Waals surface area contributed by atoms with Crippen LogP contribution in [0.5, 0.6) is 0 Å². The molecule has 0 unspecified atom stereocenters. The molecular formula is C11H16O3. The fourth-order valence-corrected chi connectivity index (χ4v) is 1.11. The highest BCUT2D eigenvalue weighted by atomic mass is 16.4. The van der Waals surface area contributed by atoms with Crippen molar-refractivity contribution in [1.29, 1.82) is 0 Å². The van der Waals surface area contributed by atoms with Crippen molar-refractivity contribution in [3.8, 4) is 0 Å². The molecule has 0 saturated carbocycles. The first-order valence-corrected chi connectivity index (χ1v) is 4.68. The molecule has 0 aliphatic carbocycles. The first-order valence-electron chi connectivity index (χ1n) is 4.68. The van der Waals surface area contributed by atoms with Crippen molar-refractivity contribution in [3.63, 3.8) is 0 Å². The van der Waals surface area contributed by atoms with E-state index in [2.05, 4.69) is 6.58 Å². The number of hydrogen-bond acceptors (Lipinski definition) is 2. The van der Waals surface area contributed by atoms with E-state index in [4.69, 9.17) is 5.11 Å². The molecule has 0 spiro atoms. The van der Waals surface area contributed by atoms with Gasteiger partial charge in [-0.3, -0.25) is 9.59 Å². The second-order valence-electron chi connectivity index (χ2n) is 2.99. The van der Waals surface area contributed by atoms with Crippen molar-refractivity contribution in [3.05, 3.63) is 24.3 Å². The molecule has 78 valence electrons. The summed E-state index contributed by atoms with van der Waals surface area (Å²) in [5, 5.41) is 8.41. The van der Waals surface area contributed by atoms with Crippen LogP contribution in [0.2, 0.25) is 0 Å². The summed E-state index contributed by atoms with van der Waals surface area (Å²) >= 11 is 0. The smallest absolute Gasteiger partial charge is 0.303 e. The lowest BCUT2D eigenvalue weighted by Gasteiger charge is -2.02. The van der Waals surface area contributed by atoms with Crippen molar-refractivity contribution in [2.24, 2.45) is 0 Å². The summed E-state index contributed by atoms with van der Waals surface area (Å²) in [6.07, 6.45) is 4.76. The van der Waals surface area contributed by atoms with Crippen molar-refractivity contribution < 1.29 is 14.7 Å². The second kappa shape index (κ2) is 7.06. The summed E-state index contributed by atoms with van der Waals surface area (Å²) in [7, 11) is 0. The minimum absolute atomic E-state index is 0.0784. The van der Waals surface area contributed by atoms with E-state index in [-0.39, 0.29) is 18.6 Å². The average molecular weight is 196 g/mol. The summed E-state index contributed by atoms with van der Waals surface area (Å²) in [5.41, 5.74) is 0.670. The molecule has 0 atom stereocenters. The SMILES string of the molecule is C=CC=C(CCC)C(=O)CCC(=O)O. The third-order valence-electron chi connectivity index (χ3n) is 1.76. The van der Waals surface area contributed by atoms with E-state index in [1.165, 1.54) is 0 Å². The number of rotatable bonds is 7. The largest absolute Gasteiger partial charge is 0.481 e. The molecule has 0 rings (SSSR count). The Labute approximate surface area is 84.1 Å². The fourth-order valence-electron chi connectivity index (χ4n) is 1.11. The van der Waals surface area contributed by atoms with Gasteiger partial charge in [0, 0.05) is 6.42 Å². The fraction of sp³-hybridized carbons (Fsp3) is 0.455. The van der Waals surface area contributed by atoms with Crippen molar-refractivity contribution in [2.45, 2.75) is 32.6 Å². The number of ketones is 1. The minimum atomic E-state index is -0.937. The van der Waals surface area contributed by atoms with Gasteiger partial charge in [-0.2, -0.15) is 0 Å². The van der Waals surface area contributed by atoms with Gasteiger partial charge in [-0.15, -0.1) is 0 Å². The Hall–Kier alpha value is -1.38. The van der Waals surface area contributed by atoms with E-state index in [0.717, 1.165) is 6.42 Å². The number of carbonyl (C=O) groups is 2. The van der Waals surface area contributed by atoms with E-state index in [0.29, 0.717) is 12.0 Å². The van der Waals surface area contributed by atoms with Gasteiger partial charge in [0.2, 0.25) is 0 Å². The minimum Gasteiger partial charge on any atom is -0.481 e. The van der Waals surface area contributed by atoms with Crippen LogP contribution in [0.15, 0.2) is 24.3 Å². The lowest BCUT2D eigenvalue weighted by atomic mass is 10.0. The molecule has 0 heterocycles. The van der Waals surface area contributed by atoms with Crippen molar-refractivity contribution in [2.75, 3.05) is 0 Å². The number of carbonyl (C=O) groups excluding carboxylic acids is 1. The van der Waals surface area contributed by atoms with Crippen LogP contribution < -0.4 is 0 Å². The summed E-state index contributed by atoms with van der Waals surface area (Å²) in [5.74, 6) is -1.03. The number of aliphatic carboxylic acids is 1. The third kappa shape index (κ3) is 5.30. The van der Waals surface area contributed by atoms with Gasteiger partial charge in [-0.25, -0.2) is 0 Å². The molecule has 14 heavy (non-hydrogen) atoms. The van der Waals surface area contributed by atoms with Crippen LogP contribution in [0.3, 0.4) is 0 Å². The number of carboxylic acid groups (broad SMARTS) is 1. The van der Waals surface area contributed by atoms with Crippen LogP contribution in [0.25, 0.3) is 0 Å². The first-order chi connectivity index (χ1) is 6.61. The predicted molar refractivity (Wildman–Crippen MR) is 55.1 cm³/mol. The summed E-state index contributed by atoms with van der Waals surface area (Å²) in [6, 6.07) is 0. The van der Waals surface area contributed by atoms with Crippen LogP contribution in [-0.2, 0) is 9.59 Å². The molecular weight excluding hydrogens is 180 g/mol. The van der Waals surface area contributed by atoms with E-state index in [1.807, 2.05) is 6.92 Å². The monoisotopic (exact) mass is 196 g/mol. The normalized spacial score (nSPS) is 11.1. The number of allylic oxidation sites excluding steroid dienone is 3. The van der Waals surface area contributed by atoms with E-state index in [9.17, 15) is 9.59 Å². The molecule has 0 amide bonds. The van der Waals surface area contributed by atoms with Gasteiger partial charge >= 0.3 is 5.97 Å². The Kier molecular flexibility index (Phi) is 6.37. The summed E-state index contributed by atoms with van der Waals surface area (Å²) < 4.78 is 0. The highest BCUT2D eigenvalue weighted by molar-refractivity contribution is 5.96. The first kappa shape index (κ1) is 12.6. The van der Waals surface area contributed by atoms with Crippen LogP contribution >= 0.6 is 0 Å². The molecule has 0 aromatic heterocycles. The molecule has 0 aliphatic rings. The number of carboxylic acids is 1. The zero-order chi connectivity index (χ0) is 11.0. The van der Waals surface area contributed by atoms with Crippen LogP contribution in [0.1, 0.15) is 32.6 Å². The van der Waals surface area contributed by atoms with Gasteiger partial charge in [-0.1, -0.05) is 32.1 Å². The van der Waals surface area contributed by atoms with Gasteiger partial charge < -0.3 is 5.11 Å². The van der Waals surface area contributed by atoms with Crippen molar-refractivity contribution in [1.82, 2.24) is 0 Å². The summed E-state index contributed by atoms with van der Waals surface area (Å²) in [6.45, 7) is 5.49. The molecule has 0 aliphatic heterocycles. The molecule has 1 N–H and O–H groups in total. The van der Waals surface area contributed by atoms with Gasteiger partial charge in [0.1, 0.15) is 0 Å². The Morgan fingerprint density at radius 2 is 1.93 bits per heavy atom. The van der Waals surface area contributed by atoms with Gasteiger partial charge in [-0.05, 0) is 12.0 Å². The van der Waals surface area contributed by atoms with Gasteiger partial charge in [0.05, 0.1) is 6.42 Å². The van der Waals surface area contributed by atoms with Gasteiger partial charge in [0.25, 0.3) is 0 Å². The molecule has 0 bridgehead atoms. The highest BCUT2D eigenvalue weighted by Crippen LogP contribution is 2.10. The predicted octanol–water partition coefficient (Wildman–Crippen LogP) is 2.33. The molecule has 0 aromatic rings. The van der Waals surface area contributed by atoms with Crippen LogP contribution in [0, 0.1) is 0 Å². The molecule has 3 heteroatoms. The average Bonchev–Trinajstić information content (AvgIpc) is 2.14. The maximum atomic E-state index is 11.4. The van der Waals surface area contributed by atoms with Gasteiger partial charge in [0.15, 0.2) is 5.78 Å². The number of Topliss-reactive ketones (excluding diaryl/α,β-unsaturated/α-hetero) is 1. The molecule has 0 radical (unpaired) electrons. The molecule has 3 nitrogen and oxygen atoms in total. The zero-order valence-electron chi connectivity index (χ0n) is 8.45. The molecule has 0 aromatic carbocycles. The molecule has 0 saturated heterocycles. The Morgan fingerprint density at radius 1 is 1.29 bits per heavy atom. The van der Waals surface area contributed by atoms with Crippen molar-refractivity contribution >= 4 is 11.8 Å². The zero-order valence-corrected chi connectivity index (χ0v) is 8.45. The quantitative estimate of drug-likeness (QED) is 0.502. The maximum Gasteiger partial charge on any atom is 0.303 e. The van der Waals surface area contributed by atoms with Crippen LogP contribution in [0.4, 0.5) is 0 Å². The Morgan fingerprint density at radius 3 is 2.36 bits per heavy atom. The highest BCUT2D eigenvalue weighted by Gasteiger charge is 2.09. The lowest BCUT2D eigenvalue weighted by molar-refractivity contribution is -0.138. The van der Waals surface area contributed by atoms with E-state index < -0.39 is 5.97 Å². The third-order valence-corrected chi connectivity index (χ3v) is 1.76. The number of hydrogen-bond donors (Lipinski definition) is 1. The maximum absolute atomic E-state index is 11.4. The Balaban J connectivity index is 4.22. The summed E-state index contributed by atoms with van der Waals surface area (Å²) in [4.78, 5) is 21.7.